The number of benzene rings is 1. The summed E-state index contributed by atoms with van der Waals surface area (Å²) in [6.07, 6.45) is 0. The number of hydrogen-bond acceptors (Lipinski definition) is 3. The molecule has 5 heteroatoms. The first-order valence-corrected chi connectivity index (χ1v) is 5.91. The summed E-state index contributed by atoms with van der Waals surface area (Å²) in [5, 5.41) is 0. The first-order chi connectivity index (χ1) is 6.49. The highest BCUT2D eigenvalue weighted by Crippen LogP contribution is 2.20. The Balaban J connectivity index is 2.63. The maximum Gasteiger partial charge on any atom is 0.259 e. The predicted molar refractivity (Wildman–Crippen MR) is 56.2 cm³/mol. The van der Waals surface area contributed by atoms with Crippen LogP contribution in [0.3, 0.4) is 0 Å². The predicted octanol–water partition coefficient (Wildman–Crippen LogP) is 2.64. The molecule has 0 aromatic heterocycles. The first-order valence-electron chi connectivity index (χ1n) is 4.01. The van der Waals surface area contributed by atoms with E-state index < -0.39 is 16.1 Å². The lowest BCUT2D eigenvalue weighted by Crippen LogP contribution is -2.31. The van der Waals surface area contributed by atoms with E-state index in [1.807, 2.05) is 18.2 Å². The number of rotatable bonds is 4. The van der Waals surface area contributed by atoms with Crippen molar-refractivity contribution in [2.75, 3.05) is 0 Å². The third-order valence-electron chi connectivity index (χ3n) is 1.37. The van der Waals surface area contributed by atoms with Gasteiger partial charge in [0, 0.05) is 24.5 Å². The second kappa shape index (κ2) is 4.77. The van der Waals surface area contributed by atoms with E-state index in [-0.39, 0.29) is 0 Å². The minimum atomic E-state index is -1.86. The van der Waals surface area contributed by atoms with Gasteiger partial charge in [-0.15, -0.1) is 0 Å². The molecule has 0 saturated carbocycles. The lowest BCUT2D eigenvalue weighted by Gasteiger charge is -2.23. The van der Waals surface area contributed by atoms with Crippen LogP contribution in [0.1, 0.15) is 13.8 Å². The van der Waals surface area contributed by atoms with E-state index in [4.69, 9.17) is 19.6 Å². The summed E-state index contributed by atoms with van der Waals surface area (Å²) >= 11 is 0. The average Bonchev–Trinajstić information content (AvgIpc) is 2.02. The fraction of sp³-hybridized carbons (Fsp3) is 0.333. The summed E-state index contributed by atoms with van der Waals surface area (Å²) in [5.74, 6) is -0.367. The quantitative estimate of drug-likeness (QED) is 0.594. The van der Waals surface area contributed by atoms with Crippen LogP contribution in [-0.2, 0) is 14.5 Å². The topological polar surface area (TPSA) is 35.5 Å². The second-order valence-corrected chi connectivity index (χ2v) is 4.40. The third kappa shape index (κ3) is 4.09. The van der Waals surface area contributed by atoms with E-state index in [0.29, 0.717) is 5.75 Å². The zero-order chi connectivity index (χ0) is 10.6. The van der Waals surface area contributed by atoms with Gasteiger partial charge in [-0.3, -0.25) is 0 Å². The monoisotopic (exact) mass is 234 g/mol. The summed E-state index contributed by atoms with van der Waals surface area (Å²) in [7, 11) is 3.34. The van der Waals surface area contributed by atoms with Gasteiger partial charge in [0.2, 0.25) is 5.79 Å². The Morgan fingerprint density at radius 3 is 2.36 bits per heavy atom. The molecule has 1 unspecified atom stereocenters. The van der Waals surface area contributed by atoms with Crippen molar-refractivity contribution in [3.63, 3.8) is 0 Å². The Bertz CT molecular complexity index is 313. The molecule has 1 atom stereocenters. The van der Waals surface area contributed by atoms with Crippen LogP contribution in [0.5, 0.6) is 5.75 Å². The number of ether oxygens (including phenoxy) is 1. The molecule has 3 nitrogen and oxygen atoms in total. The smallest absolute Gasteiger partial charge is 0.259 e. The van der Waals surface area contributed by atoms with Gasteiger partial charge < -0.3 is 4.74 Å². The molecule has 0 radical (unpaired) electrons. The van der Waals surface area contributed by atoms with Gasteiger partial charge in [-0.2, -0.15) is 0 Å². The van der Waals surface area contributed by atoms with E-state index in [9.17, 15) is 4.21 Å². The van der Waals surface area contributed by atoms with Gasteiger partial charge in [-0.1, -0.05) is 18.2 Å². The SMILES string of the molecule is CC(C)(Oc1ccccc1)OS(=O)Cl. The molecule has 0 aliphatic carbocycles. The van der Waals surface area contributed by atoms with Crippen LogP contribution in [0.25, 0.3) is 0 Å². The van der Waals surface area contributed by atoms with Crippen LogP contribution in [0, 0.1) is 0 Å². The molecule has 1 rings (SSSR count). The molecular weight excluding hydrogens is 224 g/mol. The summed E-state index contributed by atoms with van der Waals surface area (Å²) < 4.78 is 20.9. The molecule has 0 bridgehead atoms. The van der Waals surface area contributed by atoms with Gasteiger partial charge in [-0.05, 0) is 12.1 Å². The summed E-state index contributed by atoms with van der Waals surface area (Å²) in [6, 6.07) is 9.11. The maximum absolute atomic E-state index is 10.6. The van der Waals surface area contributed by atoms with Crippen LogP contribution in [0.2, 0.25) is 0 Å². The van der Waals surface area contributed by atoms with Crippen molar-refractivity contribution in [2.24, 2.45) is 0 Å². The van der Waals surface area contributed by atoms with Gasteiger partial charge in [-0.25, -0.2) is 8.39 Å². The Hall–Kier alpha value is -0.580. The van der Waals surface area contributed by atoms with Crippen molar-refractivity contribution < 1.29 is 13.1 Å². The van der Waals surface area contributed by atoms with E-state index in [1.54, 1.807) is 26.0 Å². The molecule has 0 N–H and O–H groups in total. The number of halogens is 1. The molecule has 0 fully saturated rings. The Labute approximate surface area is 90.1 Å². The molecular formula is C9H11ClO3S. The van der Waals surface area contributed by atoms with Gasteiger partial charge in [0.05, 0.1) is 0 Å². The van der Waals surface area contributed by atoms with Gasteiger partial charge in [0.25, 0.3) is 10.3 Å². The number of para-hydroxylation sites is 1. The highest BCUT2D eigenvalue weighted by atomic mass is 35.7. The van der Waals surface area contributed by atoms with E-state index in [1.165, 1.54) is 0 Å². The van der Waals surface area contributed by atoms with Crippen molar-refractivity contribution in [1.29, 1.82) is 0 Å². The zero-order valence-electron chi connectivity index (χ0n) is 7.90. The summed E-state index contributed by atoms with van der Waals surface area (Å²) in [4.78, 5) is 0. The molecule has 14 heavy (non-hydrogen) atoms. The van der Waals surface area contributed by atoms with Gasteiger partial charge in [0.15, 0.2) is 0 Å². The Morgan fingerprint density at radius 2 is 1.86 bits per heavy atom. The average molecular weight is 235 g/mol. The van der Waals surface area contributed by atoms with Crippen LogP contribution >= 0.6 is 10.7 Å². The molecule has 1 aromatic carbocycles. The van der Waals surface area contributed by atoms with E-state index in [2.05, 4.69) is 0 Å². The zero-order valence-corrected chi connectivity index (χ0v) is 9.47. The first kappa shape index (κ1) is 11.5. The van der Waals surface area contributed by atoms with Gasteiger partial charge in [0.1, 0.15) is 5.75 Å². The fourth-order valence-corrected chi connectivity index (χ4v) is 1.75. The minimum absolute atomic E-state index is 0.639. The standard InChI is InChI=1S/C9H11ClO3S/c1-9(2,13-14(10)11)12-8-6-4-3-5-7-8/h3-7H,1-2H3. The normalized spacial score (nSPS) is 13.6. The lowest BCUT2D eigenvalue weighted by molar-refractivity contribution is -0.0699. The van der Waals surface area contributed by atoms with Crippen LogP contribution in [0.4, 0.5) is 0 Å². The second-order valence-electron chi connectivity index (χ2n) is 3.09. The summed E-state index contributed by atoms with van der Waals surface area (Å²) in [6.45, 7) is 3.28. The fourth-order valence-electron chi connectivity index (χ4n) is 0.947. The highest BCUT2D eigenvalue weighted by Gasteiger charge is 2.23. The van der Waals surface area contributed by atoms with Crippen molar-refractivity contribution in [1.82, 2.24) is 0 Å². The van der Waals surface area contributed by atoms with E-state index in [0.717, 1.165) is 0 Å². The van der Waals surface area contributed by atoms with Crippen molar-refractivity contribution in [3.05, 3.63) is 30.3 Å². The molecule has 0 aliphatic rings. The largest absolute Gasteiger partial charge is 0.462 e. The molecule has 78 valence electrons. The lowest BCUT2D eigenvalue weighted by atomic mass is 10.3. The van der Waals surface area contributed by atoms with Crippen molar-refractivity contribution in [3.8, 4) is 5.75 Å². The minimum Gasteiger partial charge on any atom is -0.462 e. The molecule has 0 heterocycles. The number of hydrogen-bond donors (Lipinski definition) is 0. The molecule has 0 spiro atoms. The Morgan fingerprint density at radius 1 is 1.29 bits per heavy atom. The van der Waals surface area contributed by atoms with Crippen LogP contribution < -0.4 is 4.74 Å². The molecule has 0 amide bonds. The maximum atomic E-state index is 10.6. The molecule has 0 saturated heterocycles. The molecule has 0 aliphatic heterocycles. The van der Waals surface area contributed by atoms with Crippen LogP contribution in [-0.4, -0.2) is 10.00 Å². The van der Waals surface area contributed by atoms with Gasteiger partial charge >= 0.3 is 0 Å². The van der Waals surface area contributed by atoms with Crippen molar-refractivity contribution in [2.45, 2.75) is 19.6 Å². The Kier molecular flexibility index (Phi) is 3.92. The molecule has 1 aromatic rings. The van der Waals surface area contributed by atoms with Crippen molar-refractivity contribution >= 4 is 21.0 Å². The summed E-state index contributed by atoms with van der Waals surface area (Å²) in [5.41, 5.74) is 0. The highest BCUT2D eigenvalue weighted by molar-refractivity contribution is 8.04. The van der Waals surface area contributed by atoms with Crippen LogP contribution in [0.15, 0.2) is 30.3 Å². The van der Waals surface area contributed by atoms with E-state index >= 15 is 0 Å². The third-order valence-corrected chi connectivity index (χ3v) is 2.09.